The minimum absolute atomic E-state index is 0.128. The van der Waals surface area contributed by atoms with Crippen LogP contribution in [0.15, 0.2) is 184 Å². The molecule has 8 aliphatic rings. The zero-order chi connectivity index (χ0) is 107. The van der Waals surface area contributed by atoms with Crippen LogP contribution in [0.25, 0.3) is 0 Å². The Balaban J connectivity index is 0.000000165. The number of carbonyl (C=O) groups is 4. The molecule has 0 amide bonds. The van der Waals surface area contributed by atoms with Crippen molar-refractivity contribution in [2.24, 2.45) is 0 Å². The zero-order valence-electron chi connectivity index (χ0n) is 86.8. The van der Waals surface area contributed by atoms with Crippen molar-refractivity contribution in [1.29, 1.82) is 0 Å². The van der Waals surface area contributed by atoms with Crippen LogP contribution in [0.3, 0.4) is 0 Å². The van der Waals surface area contributed by atoms with E-state index >= 15 is 0 Å². The molecule has 8 atom stereocenters. The highest BCUT2D eigenvalue weighted by Gasteiger charge is 2.45. The maximum atomic E-state index is 13.4. The van der Waals surface area contributed by atoms with Crippen LogP contribution in [0.5, 0.6) is 0 Å². The van der Waals surface area contributed by atoms with Gasteiger partial charge in [0.05, 0.1) is 152 Å². The van der Waals surface area contributed by atoms with Gasteiger partial charge < -0.3 is 77.9 Å². The molecule has 816 valence electrons. The van der Waals surface area contributed by atoms with Gasteiger partial charge in [0.15, 0.2) is 0 Å². The Labute approximate surface area is 889 Å². The van der Waals surface area contributed by atoms with Crippen molar-refractivity contribution in [3.8, 4) is 0 Å². The van der Waals surface area contributed by atoms with Crippen LogP contribution in [0, 0.1) is 0 Å². The first-order chi connectivity index (χ1) is 70.4. The molecule has 36 nitrogen and oxygen atoms in total. The second-order valence-corrected chi connectivity index (χ2v) is 52.4. The number of hydrogen-bond acceptors (Lipinski definition) is 36. The number of anilines is 4. The molecule has 0 unspecified atom stereocenters. The Morgan fingerprint density at radius 2 is 0.480 bits per heavy atom. The van der Waals surface area contributed by atoms with Gasteiger partial charge in [-0.05, 0) is 200 Å². The van der Waals surface area contributed by atoms with Gasteiger partial charge in [-0.2, -0.15) is 17.2 Å². The number of esters is 4. The zero-order valence-corrected chi connectivity index (χ0v) is 93.4. The normalized spacial score (nSPS) is 22.2. The third-order valence-electron chi connectivity index (χ3n) is 27.8. The van der Waals surface area contributed by atoms with E-state index in [1.807, 2.05) is 97.1 Å². The number of benzene rings is 4. The lowest BCUT2D eigenvalue weighted by Gasteiger charge is -2.46. The Bertz CT molecular complexity index is 5260. The second-order valence-electron chi connectivity index (χ2n) is 39.9. The molecule has 0 bridgehead atoms. The van der Waals surface area contributed by atoms with Crippen molar-refractivity contribution in [3.63, 3.8) is 0 Å². The number of sulfonamides is 4. The monoisotopic (exact) mass is 2200 g/mol. The molecule has 8 aromatic rings. The molecule has 148 heavy (non-hydrogen) atoms. The van der Waals surface area contributed by atoms with E-state index in [1.165, 1.54) is 45.3 Å². The van der Waals surface area contributed by atoms with Crippen LogP contribution in [-0.2, 0) is 120 Å². The largest absolute Gasteiger partial charge is 0.466 e. The average Bonchev–Trinajstić information content (AvgIpc) is 1.12. The van der Waals surface area contributed by atoms with Crippen molar-refractivity contribution in [1.82, 2.24) is 36.8 Å². The van der Waals surface area contributed by atoms with Gasteiger partial charge in [-0.15, -0.1) is 45.3 Å². The lowest BCUT2D eigenvalue weighted by Crippen LogP contribution is -2.60. The summed E-state index contributed by atoms with van der Waals surface area (Å²) in [5.74, 6) is -1.03. The van der Waals surface area contributed by atoms with Gasteiger partial charge in [0, 0.05) is 178 Å². The van der Waals surface area contributed by atoms with Gasteiger partial charge in [0.25, 0.3) is 40.1 Å². The van der Waals surface area contributed by atoms with E-state index in [4.69, 9.17) is 37.9 Å². The molecular weight excluding hydrogens is 2060 g/mol. The molecule has 44 heteroatoms. The molecule has 8 aliphatic heterocycles. The molecule has 4 N–H and O–H groups in total. The van der Waals surface area contributed by atoms with Gasteiger partial charge >= 0.3 is 23.9 Å². The quantitative estimate of drug-likeness (QED) is 0.0209. The smallest absolute Gasteiger partial charge is 0.307 e. The topological polar surface area (TPSA) is 398 Å². The number of hydrogen-bond donors (Lipinski definition) is 4. The first kappa shape index (κ1) is 117. The molecule has 0 aliphatic carbocycles. The Kier molecular flexibility index (Phi) is 41.7. The fourth-order valence-electron chi connectivity index (χ4n) is 19.8. The van der Waals surface area contributed by atoms with E-state index in [0.29, 0.717) is 227 Å². The molecule has 4 aromatic heterocycles. The van der Waals surface area contributed by atoms with Gasteiger partial charge in [0.1, 0.15) is 16.8 Å². The predicted octanol–water partition coefficient (Wildman–Crippen LogP) is 10.0. The highest BCUT2D eigenvalue weighted by Crippen LogP contribution is 2.38. The summed E-state index contributed by atoms with van der Waals surface area (Å²) in [5, 5.41) is 48.6. The van der Waals surface area contributed by atoms with Crippen molar-refractivity contribution < 1.29 is 111 Å². The van der Waals surface area contributed by atoms with Gasteiger partial charge in [-0.3, -0.25) is 38.8 Å². The third-order valence-corrected chi connectivity index (χ3v) is 40.7. The van der Waals surface area contributed by atoms with E-state index in [1.54, 1.807) is 170 Å². The van der Waals surface area contributed by atoms with Crippen molar-refractivity contribution in [2.45, 2.75) is 196 Å². The summed E-state index contributed by atoms with van der Waals surface area (Å²) in [6, 6.07) is 43.7. The van der Waals surface area contributed by atoms with E-state index < -0.39 is 62.5 Å². The molecule has 12 heterocycles. The summed E-state index contributed by atoms with van der Waals surface area (Å²) < 4.78 is 158. The summed E-state index contributed by atoms with van der Waals surface area (Å²) in [4.78, 5) is 66.8. The Morgan fingerprint density at radius 3 is 0.642 bits per heavy atom. The lowest BCUT2D eigenvalue weighted by atomic mass is 9.98. The van der Waals surface area contributed by atoms with Crippen LogP contribution < -0.4 is 19.6 Å². The standard InChI is InChI=1S/4C26H37N3O6S2/c4*1-4-35-24(30)16-22-19-34-14-13-27(22)17-23-18-28(37(32,33)25-6-5-15-36-25)11-12-29(23)21-9-7-20(8-10-21)26(2,3)31/h4*5-10,15,22-23,31H,4,11-14,16-19H2,1-3H3/t2*22-,23+;2*22-,23-/m1100/s1. The first-order valence-corrected chi connectivity index (χ1v) is 60.1. The summed E-state index contributed by atoms with van der Waals surface area (Å²) in [6.07, 6.45) is 0.937. The van der Waals surface area contributed by atoms with Crippen LogP contribution in [0.2, 0.25) is 0 Å². The highest BCUT2D eigenvalue weighted by atomic mass is 32.3. The number of nitrogens with zero attached hydrogens (tertiary/aromatic N) is 12. The molecule has 16 rings (SSSR count). The number of carbonyl (C=O) groups excluding carboxylic acids is 4. The predicted molar refractivity (Wildman–Crippen MR) is 573 cm³/mol. The van der Waals surface area contributed by atoms with E-state index in [-0.39, 0.29) is 97.9 Å². The lowest BCUT2D eigenvalue weighted by molar-refractivity contribution is -0.147. The van der Waals surface area contributed by atoms with Gasteiger partial charge in [-0.25, -0.2) is 33.7 Å². The molecule has 8 saturated heterocycles. The summed E-state index contributed by atoms with van der Waals surface area (Å²) in [5.41, 5.74) is 3.37. The molecule has 8 fully saturated rings. The Hall–Kier alpha value is -8.08. The van der Waals surface area contributed by atoms with E-state index in [9.17, 15) is 73.3 Å². The number of aliphatic hydroxyl groups is 4. The number of ether oxygens (including phenoxy) is 8. The summed E-state index contributed by atoms with van der Waals surface area (Å²) >= 11 is 4.91. The van der Waals surface area contributed by atoms with Crippen molar-refractivity contribution >= 4 is 132 Å². The third kappa shape index (κ3) is 31.2. The molecule has 0 saturated carbocycles. The highest BCUT2D eigenvalue weighted by molar-refractivity contribution is 7.92. The van der Waals surface area contributed by atoms with Gasteiger partial charge in [-0.1, -0.05) is 72.8 Å². The summed E-state index contributed by atoms with van der Waals surface area (Å²) in [6.45, 7) is 36.4. The fraction of sp³-hybridized carbons (Fsp3) is 0.577. The second kappa shape index (κ2) is 52.7. The average molecular weight is 2210 g/mol. The first-order valence-electron chi connectivity index (χ1n) is 50.8. The molecule has 0 spiro atoms. The summed E-state index contributed by atoms with van der Waals surface area (Å²) in [7, 11) is -14.4. The number of piperazine rings is 4. The van der Waals surface area contributed by atoms with E-state index in [2.05, 4.69) is 39.2 Å². The van der Waals surface area contributed by atoms with Crippen LogP contribution in [0.4, 0.5) is 22.7 Å². The van der Waals surface area contributed by atoms with Gasteiger partial charge in [0.2, 0.25) is 0 Å². The SMILES string of the molecule is CCOC(=O)C[C@@H]1COCCN1C[C@H]1CN(S(=O)(=O)c2cccs2)CCN1c1ccc(C(C)(C)O)cc1.CCOC(=O)C[C@@H]1COCCN1C[C@H]1CN(S(=O)(=O)c2cccs2)CCN1c1ccc(C(C)(C)O)cc1.CCOC(=O)C[C@H]1COCCN1C[C@H]1CN(S(=O)(=O)c2cccs2)CCN1c1ccc(C(C)(C)O)cc1.CCOC(=O)C[C@H]1COCCN1C[C@H]1CN(S(=O)(=O)c2cccs2)CCN1c1ccc(C(C)(C)O)cc1. The maximum Gasteiger partial charge on any atom is 0.307 e. The number of thiophene rings is 4. The number of rotatable bonds is 36. The Morgan fingerprint density at radius 1 is 0.291 bits per heavy atom. The van der Waals surface area contributed by atoms with Crippen molar-refractivity contribution in [2.75, 3.05) is 230 Å². The number of morpholine rings is 4. The maximum absolute atomic E-state index is 13.4. The van der Waals surface area contributed by atoms with Crippen LogP contribution in [0.1, 0.15) is 131 Å². The van der Waals surface area contributed by atoms with Crippen LogP contribution in [-0.4, -0.2) is 373 Å². The van der Waals surface area contributed by atoms with Crippen LogP contribution >= 0.6 is 45.3 Å². The molecule has 0 radical (unpaired) electrons. The molecular formula is C104H148N12O24S8. The van der Waals surface area contributed by atoms with E-state index in [0.717, 1.165) is 45.0 Å². The molecule has 4 aromatic carbocycles. The minimum Gasteiger partial charge on any atom is -0.466 e. The van der Waals surface area contributed by atoms with Crippen molar-refractivity contribution in [3.05, 3.63) is 189 Å². The fourth-order valence-corrected chi connectivity index (χ4v) is 30.2. The minimum atomic E-state index is -3.59.